The van der Waals surface area contributed by atoms with Crippen molar-refractivity contribution in [3.8, 4) is 0 Å². The molecule has 3 nitrogen and oxygen atoms in total. The predicted molar refractivity (Wildman–Crippen MR) is 57.5 cm³/mol. The van der Waals surface area contributed by atoms with Gasteiger partial charge in [-0.05, 0) is 12.8 Å². The van der Waals surface area contributed by atoms with Crippen LogP contribution in [0.5, 0.6) is 0 Å². The third kappa shape index (κ3) is 2.27. The van der Waals surface area contributed by atoms with Gasteiger partial charge < -0.3 is 15.0 Å². The zero-order chi connectivity index (χ0) is 9.86. The molecule has 1 atom stereocenters. The minimum absolute atomic E-state index is 0.470. The van der Waals surface area contributed by atoms with Gasteiger partial charge >= 0.3 is 0 Å². The molecule has 2 heterocycles. The molecule has 82 valence electrons. The number of hydrogen-bond acceptors (Lipinski definition) is 3. The van der Waals surface area contributed by atoms with Gasteiger partial charge in [-0.25, -0.2) is 0 Å². The Morgan fingerprint density at radius 2 is 2.14 bits per heavy atom. The highest BCUT2D eigenvalue weighted by molar-refractivity contribution is 4.86. The van der Waals surface area contributed by atoms with Crippen LogP contribution in [0.1, 0.15) is 19.8 Å². The minimum Gasteiger partial charge on any atom is -0.381 e. The summed E-state index contributed by atoms with van der Waals surface area (Å²) >= 11 is 0. The van der Waals surface area contributed by atoms with E-state index >= 15 is 0 Å². The minimum atomic E-state index is 0.470. The molecule has 0 aromatic carbocycles. The van der Waals surface area contributed by atoms with Crippen molar-refractivity contribution in [1.82, 2.24) is 10.2 Å². The molecule has 2 fully saturated rings. The molecule has 0 radical (unpaired) electrons. The number of hydrogen-bond donors (Lipinski definition) is 1. The molecule has 3 heteroatoms. The zero-order valence-electron chi connectivity index (χ0n) is 9.22. The van der Waals surface area contributed by atoms with Crippen LogP contribution in [-0.2, 0) is 4.74 Å². The number of nitrogens with zero attached hydrogens (tertiary/aromatic N) is 1. The fourth-order valence-corrected chi connectivity index (χ4v) is 2.51. The lowest BCUT2D eigenvalue weighted by atomic mass is 9.84. The second-order valence-corrected chi connectivity index (χ2v) is 4.68. The van der Waals surface area contributed by atoms with Gasteiger partial charge in [0.15, 0.2) is 0 Å². The van der Waals surface area contributed by atoms with Gasteiger partial charge in [-0.15, -0.1) is 0 Å². The first-order valence-electron chi connectivity index (χ1n) is 5.85. The summed E-state index contributed by atoms with van der Waals surface area (Å²) in [5.41, 5.74) is 0.470. The summed E-state index contributed by atoms with van der Waals surface area (Å²) in [7, 11) is 0. The molecule has 2 saturated heterocycles. The molecular weight excluding hydrogens is 176 g/mol. The summed E-state index contributed by atoms with van der Waals surface area (Å²) < 4.78 is 5.55. The van der Waals surface area contributed by atoms with Crippen molar-refractivity contribution in [2.24, 2.45) is 5.41 Å². The molecule has 0 saturated carbocycles. The molecule has 14 heavy (non-hydrogen) atoms. The molecular formula is C11H22N2O. The van der Waals surface area contributed by atoms with E-state index in [-0.39, 0.29) is 0 Å². The van der Waals surface area contributed by atoms with Crippen molar-refractivity contribution < 1.29 is 4.74 Å². The number of ether oxygens (including phenoxy) is 1. The maximum Gasteiger partial charge on any atom is 0.0535 e. The standard InChI is InChI=1S/C11H22N2O/c1-2-11(3-8-14-10-11)9-13-6-4-12-5-7-13/h12H,2-10H2,1H3. The van der Waals surface area contributed by atoms with Gasteiger partial charge in [-0.3, -0.25) is 0 Å². The highest BCUT2D eigenvalue weighted by Crippen LogP contribution is 2.33. The van der Waals surface area contributed by atoms with E-state index in [9.17, 15) is 0 Å². The van der Waals surface area contributed by atoms with Gasteiger partial charge in [0.2, 0.25) is 0 Å². The molecule has 2 aliphatic heterocycles. The smallest absolute Gasteiger partial charge is 0.0535 e. The molecule has 0 bridgehead atoms. The Hall–Kier alpha value is -0.120. The van der Waals surface area contributed by atoms with Gasteiger partial charge in [-0.2, -0.15) is 0 Å². The first-order chi connectivity index (χ1) is 6.85. The Labute approximate surface area is 86.8 Å². The molecule has 1 unspecified atom stereocenters. The van der Waals surface area contributed by atoms with Gasteiger partial charge in [0.05, 0.1) is 6.61 Å². The predicted octanol–water partition coefficient (Wildman–Crippen LogP) is 0.708. The van der Waals surface area contributed by atoms with Gasteiger partial charge in [0, 0.05) is 44.7 Å². The topological polar surface area (TPSA) is 24.5 Å². The van der Waals surface area contributed by atoms with Crippen LogP contribution in [0.4, 0.5) is 0 Å². The van der Waals surface area contributed by atoms with E-state index in [0.29, 0.717) is 5.41 Å². The Kier molecular flexibility index (Phi) is 3.42. The molecule has 0 aliphatic carbocycles. The third-order valence-electron chi connectivity index (χ3n) is 3.70. The summed E-state index contributed by atoms with van der Waals surface area (Å²) in [5, 5.41) is 3.40. The van der Waals surface area contributed by atoms with E-state index in [1.54, 1.807) is 0 Å². The maximum atomic E-state index is 5.55. The third-order valence-corrected chi connectivity index (χ3v) is 3.70. The van der Waals surface area contributed by atoms with E-state index in [1.165, 1.54) is 32.5 Å². The van der Waals surface area contributed by atoms with E-state index in [2.05, 4.69) is 17.1 Å². The van der Waals surface area contributed by atoms with Gasteiger partial charge in [0.1, 0.15) is 0 Å². The van der Waals surface area contributed by atoms with Crippen LogP contribution in [0.3, 0.4) is 0 Å². The zero-order valence-corrected chi connectivity index (χ0v) is 9.22. The number of rotatable bonds is 3. The monoisotopic (exact) mass is 198 g/mol. The van der Waals surface area contributed by atoms with Crippen molar-refractivity contribution in [2.75, 3.05) is 45.9 Å². The fourth-order valence-electron chi connectivity index (χ4n) is 2.51. The summed E-state index contributed by atoms with van der Waals surface area (Å²) in [5.74, 6) is 0. The maximum absolute atomic E-state index is 5.55. The van der Waals surface area contributed by atoms with Crippen LogP contribution in [0.2, 0.25) is 0 Å². The fraction of sp³-hybridized carbons (Fsp3) is 1.00. The lowest BCUT2D eigenvalue weighted by Gasteiger charge is -2.35. The van der Waals surface area contributed by atoms with Gasteiger partial charge in [-0.1, -0.05) is 6.92 Å². The summed E-state index contributed by atoms with van der Waals surface area (Å²) in [6.07, 6.45) is 2.52. The Morgan fingerprint density at radius 1 is 1.36 bits per heavy atom. The van der Waals surface area contributed by atoms with E-state index in [0.717, 1.165) is 26.3 Å². The summed E-state index contributed by atoms with van der Waals surface area (Å²) in [6.45, 7) is 10.2. The first-order valence-corrected chi connectivity index (χ1v) is 5.85. The van der Waals surface area contributed by atoms with Crippen LogP contribution in [0, 0.1) is 5.41 Å². The summed E-state index contributed by atoms with van der Waals surface area (Å²) in [6, 6.07) is 0. The molecule has 0 spiro atoms. The molecule has 0 aromatic heterocycles. The van der Waals surface area contributed by atoms with Crippen LogP contribution < -0.4 is 5.32 Å². The molecule has 1 N–H and O–H groups in total. The lowest BCUT2D eigenvalue weighted by Crippen LogP contribution is -2.48. The average Bonchev–Trinajstić information content (AvgIpc) is 2.69. The number of piperazine rings is 1. The van der Waals surface area contributed by atoms with Crippen molar-refractivity contribution in [2.45, 2.75) is 19.8 Å². The molecule has 2 aliphatic rings. The van der Waals surface area contributed by atoms with Crippen LogP contribution in [0.15, 0.2) is 0 Å². The van der Waals surface area contributed by atoms with Crippen molar-refractivity contribution in [3.63, 3.8) is 0 Å². The Morgan fingerprint density at radius 3 is 2.71 bits per heavy atom. The summed E-state index contributed by atoms with van der Waals surface area (Å²) in [4.78, 5) is 2.59. The van der Waals surface area contributed by atoms with Crippen molar-refractivity contribution >= 4 is 0 Å². The van der Waals surface area contributed by atoms with E-state index < -0.39 is 0 Å². The molecule has 0 amide bonds. The Balaban J connectivity index is 1.86. The van der Waals surface area contributed by atoms with Crippen LogP contribution >= 0.6 is 0 Å². The highest BCUT2D eigenvalue weighted by Gasteiger charge is 2.34. The van der Waals surface area contributed by atoms with E-state index in [4.69, 9.17) is 4.74 Å². The normalized spacial score (nSPS) is 34.9. The largest absolute Gasteiger partial charge is 0.381 e. The van der Waals surface area contributed by atoms with Crippen LogP contribution in [0.25, 0.3) is 0 Å². The van der Waals surface area contributed by atoms with Crippen molar-refractivity contribution in [1.29, 1.82) is 0 Å². The van der Waals surface area contributed by atoms with Gasteiger partial charge in [0.25, 0.3) is 0 Å². The van der Waals surface area contributed by atoms with E-state index in [1.807, 2.05) is 0 Å². The average molecular weight is 198 g/mol. The molecule has 2 rings (SSSR count). The number of nitrogens with one attached hydrogen (secondary N) is 1. The van der Waals surface area contributed by atoms with Crippen LogP contribution in [-0.4, -0.2) is 50.8 Å². The molecule has 0 aromatic rings. The van der Waals surface area contributed by atoms with Crippen molar-refractivity contribution in [3.05, 3.63) is 0 Å². The second kappa shape index (κ2) is 4.60. The lowest BCUT2D eigenvalue weighted by molar-refractivity contribution is 0.0998. The second-order valence-electron chi connectivity index (χ2n) is 4.68. The SMILES string of the molecule is CCC1(CN2CCNCC2)CCOC1. The first kappa shape index (κ1) is 10.4. The highest BCUT2D eigenvalue weighted by atomic mass is 16.5. The quantitative estimate of drug-likeness (QED) is 0.723. The Bertz CT molecular complexity index is 172.